The van der Waals surface area contributed by atoms with Crippen molar-refractivity contribution in [3.8, 4) is 34.2 Å². The average Bonchev–Trinajstić information content (AvgIpc) is 3.77. The Balaban J connectivity index is 1.12. The smallest absolute Gasteiger partial charge is 0.168 e. The third kappa shape index (κ3) is 5.03. The van der Waals surface area contributed by atoms with Crippen molar-refractivity contribution in [3.05, 3.63) is 182 Å². The van der Waals surface area contributed by atoms with Crippen molar-refractivity contribution in [2.24, 2.45) is 0 Å². The fourth-order valence-corrected chi connectivity index (χ4v) is 6.71. The van der Waals surface area contributed by atoms with E-state index in [1.807, 2.05) is 54.7 Å². The fraction of sp³-hybridized carbons (Fsp3) is 0. The van der Waals surface area contributed by atoms with Crippen molar-refractivity contribution in [1.82, 2.24) is 24.3 Å². The van der Waals surface area contributed by atoms with Gasteiger partial charge in [-0.15, -0.1) is 10.2 Å². The Labute approximate surface area is 283 Å². The van der Waals surface area contributed by atoms with Gasteiger partial charge in [-0.2, -0.15) is 0 Å². The molecule has 0 fully saturated rings. The predicted octanol–water partition coefficient (Wildman–Crippen LogP) is 10.6. The second kappa shape index (κ2) is 12.1. The zero-order valence-electron chi connectivity index (χ0n) is 26.5. The average molecular weight is 631 g/mol. The monoisotopic (exact) mass is 630 g/mol. The van der Waals surface area contributed by atoms with E-state index in [9.17, 15) is 0 Å². The maximum Gasteiger partial charge on any atom is 0.168 e. The van der Waals surface area contributed by atoms with Crippen LogP contribution < -0.4 is 4.90 Å². The largest absolute Gasteiger partial charge is 0.311 e. The molecule has 0 saturated carbocycles. The molecule has 0 bridgehead atoms. The minimum Gasteiger partial charge on any atom is -0.311 e. The Kier molecular flexibility index (Phi) is 7.02. The fourth-order valence-electron chi connectivity index (χ4n) is 6.71. The van der Waals surface area contributed by atoms with Gasteiger partial charge >= 0.3 is 0 Å². The number of hydrogen-bond donors (Lipinski definition) is 0. The summed E-state index contributed by atoms with van der Waals surface area (Å²) >= 11 is 0. The van der Waals surface area contributed by atoms with Crippen LogP contribution in [0.2, 0.25) is 0 Å². The van der Waals surface area contributed by atoms with Crippen molar-refractivity contribution >= 4 is 38.9 Å². The van der Waals surface area contributed by atoms with Crippen molar-refractivity contribution in [2.75, 3.05) is 4.90 Å². The van der Waals surface area contributed by atoms with Crippen LogP contribution in [0.4, 0.5) is 17.1 Å². The van der Waals surface area contributed by atoms with E-state index in [2.05, 4.69) is 151 Å². The van der Waals surface area contributed by atoms with Crippen LogP contribution in [-0.4, -0.2) is 24.3 Å². The van der Waals surface area contributed by atoms with Gasteiger partial charge in [0.2, 0.25) is 0 Å². The van der Waals surface area contributed by atoms with Gasteiger partial charge < -0.3 is 9.47 Å². The maximum absolute atomic E-state index is 4.68. The summed E-state index contributed by atoms with van der Waals surface area (Å²) in [5.74, 6) is 1.52. The van der Waals surface area contributed by atoms with E-state index in [0.717, 1.165) is 51.2 Å². The summed E-state index contributed by atoms with van der Waals surface area (Å²) in [6, 6.07) is 59.1. The molecule has 9 rings (SSSR count). The first kappa shape index (κ1) is 28.4. The molecule has 0 N–H and O–H groups in total. The minimum absolute atomic E-state index is 0.750. The van der Waals surface area contributed by atoms with Crippen LogP contribution in [0.1, 0.15) is 0 Å². The quantitative estimate of drug-likeness (QED) is 0.176. The zero-order valence-corrected chi connectivity index (χ0v) is 26.5. The van der Waals surface area contributed by atoms with Crippen LogP contribution in [0.25, 0.3) is 56.0 Å². The summed E-state index contributed by atoms with van der Waals surface area (Å²) in [7, 11) is 0. The molecule has 3 aromatic heterocycles. The third-order valence-electron chi connectivity index (χ3n) is 8.94. The minimum atomic E-state index is 0.750. The molecule has 49 heavy (non-hydrogen) atoms. The predicted molar refractivity (Wildman–Crippen MR) is 199 cm³/mol. The van der Waals surface area contributed by atoms with Crippen LogP contribution in [0.15, 0.2) is 182 Å². The number of benzene rings is 6. The second-order valence-electron chi connectivity index (χ2n) is 11.9. The highest BCUT2D eigenvalue weighted by molar-refractivity contribution is 6.09. The Bertz CT molecular complexity index is 2470. The lowest BCUT2D eigenvalue weighted by Crippen LogP contribution is -2.10. The van der Waals surface area contributed by atoms with Gasteiger partial charge in [-0.25, -0.2) is 0 Å². The van der Waals surface area contributed by atoms with E-state index in [4.69, 9.17) is 0 Å². The van der Waals surface area contributed by atoms with Crippen molar-refractivity contribution in [1.29, 1.82) is 0 Å². The molecule has 6 aromatic carbocycles. The number of anilines is 3. The van der Waals surface area contributed by atoms with Crippen molar-refractivity contribution < 1.29 is 0 Å². The Morgan fingerprint density at radius 1 is 0.388 bits per heavy atom. The molecule has 0 aliphatic carbocycles. The SMILES string of the molecule is c1ccc(-c2nnc(-c3ccc(N(c4ccccc4)c4ccc(-n5c6ccccc6c6ccccc65)cc4)cc3)n2-c2cccnc2)cc1. The molecule has 6 nitrogen and oxygen atoms in total. The van der Waals surface area contributed by atoms with Crippen LogP contribution in [-0.2, 0) is 0 Å². The number of para-hydroxylation sites is 3. The molecule has 0 aliphatic rings. The molecule has 0 spiro atoms. The molecular formula is C43H30N6. The molecule has 0 amide bonds. The van der Waals surface area contributed by atoms with E-state index >= 15 is 0 Å². The van der Waals surface area contributed by atoms with Crippen molar-refractivity contribution in [3.63, 3.8) is 0 Å². The summed E-state index contributed by atoms with van der Waals surface area (Å²) in [6.45, 7) is 0. The molecule has 232 valence electrons. The number of nitrogens with zero attached hydrogens (tertiary/aromatic N) is 6. The topological polar surface area (TPSA) is 51.8 Å². The highest BCUT2D eigenvalue weighted by Crippen LogP contribution is 2.38. The molecule has 0 radical (unpaired) electrons. The standard InChI is InChI=1S/C43H30N6/c1-3-12-31(13-4-1)42-45-46-43(49(42)37-16-11-29-44-30-37)32-21-23-34(24-22-32)47(33-14-5-2-6-15-33)35-25-27-36(28-26-35)48-40-19-9-7-17-38(40)39-18-8-10-20-41(39)48/h1-30H. The van der Waals surface area contributed by atoms with E-state index < -0.39 is 0 Å². The van der Waals surface area contributed by atoms with Crippen molar-refractivity contribution in [2.45, 2.75) is 0 Å². The number of fused-ring (bicyclic) bond motifs is 3. The molecule has 0 saturated heterocycles. The van der Waals surface area contributed by atoms with Gasteiger partial charge in [0, 0.05) is 50.8 Å². The molecular weight excluding hydrogens is 601 g/mol. The lowest BCUT2D eigenvalue weighted by atomic mass is 10.1. The molecule has 0 atom stereocenters. The maximum atomic E-state index is 4.68. The third-order valence-corrected chi connectivity index (χ3v) is 8.94. The van der Waals surface area contributed by atoms with Gasteiger partial charge in [0.05, 0.1) is 22.9 Å². The highest BCUT2D eigenvalue weighted by Gasteiger charge is 2.19. The van der Waals surface area contributed by atoms with E-state index in [1.165, 1.54) is 21.8 Å². The Morgan fingerprint density at radius 2 is 0.898 bits per heavy atom. The number of rotatable bonds is 7. The van der Waals surface area contributed by atoms with E-state index in [0.29, 0.717) is 0 Å². The first-order valence-electron chi connectivity index (χ1n) is 16.3. The zero-order chi connectivity index (χ0) is 32.6. The first-order chi connectivity index (χ1) is 24.3. The van der Waals surface area contributed by atoms with E-state index in [1.54, 1.807) is 6.20 Å². The summed E-state index contributed by atoms with van der Waals surface area (Å²) in [6.07, 6.45) is 3.62. The summed E-state index contributed by atoms with van der Waals surface area (Å²) in [5, 5.41) is 11.8. The van der Waals surface area contributed by atoms with Crippen LogP contribution >= 0.6 is 0 Å². The number of pyridine rings is 1. The molecule has 0 unspecified atom stereocenters. The van der Waals surface area contributed by atoms with Gasteiger partial charge in [0.25, 0.3) is 0 Å². The van der Waals surface area contributed by atoms with Crippen LogP contribution in [0, 0.1) is 0 Å². The second-order valence-corrected chi connectivity index (χ2v) is 11.9. The van der Waals surface area contributed by atoms with Gasteiger partial charge in [-0.1, -0.05) is 84.9 Å². The molecule has 3 heterocycles. The Morgan fingerprint density at radius 3 is 1.49 bits per heavy atom. The summed E-state index contributed by atoms with van der Waals surface area (Å²) in [4.78, 5) is 6.66. The molecule has 9 aromatic rings. The number of aromatic nitrogens is 5. The number of hydrogen-bond acceptors (Lipinski definition) is 4. The molecule has 6 heteroatoms. The van der Waals surface area contributed by atoms with Gasteiger partial charge in [-0.3, -0.25) is 9.55 Å². The normalized spacial score (nSPS) is 11.3. The van der Waals surface area contributed by atoms with E-state index in [-0.39, 0.29) is 0 Å². The lowest BCUT2D eigenvalue weighted by Gasteiger charge is -2.26. The lowest BCUT2D eigenvalue weighted by molar-refractivity contribution is 1.05. The van der Waals surface area contributed by atoms with Gasteiger partial charge in [0.15, 0.2) is 11.6 Å². The first-order valence-corrected chi connectivity index (χ1v) is 16.3. The van der Waals surface area contributed by atoms with Gasteiger partial charge in [-0.05, 0) is 84.9 Å². The van der Waals surface area contributed by atoms with Gasteiger partial charge in [0.1, 0.15) is 0 Å². The van der Waals surface area contributed by atoms with Crippen LogP contribution in [0.3, 0.4) is 0 Å². The highest BCUT2D eigenvalue weighted by atomic mass is 15.3. The summed E-state index contributed by atoms with van der Waals surface area (Å²) < 4.78 is 4.41. The van der Waals surface area contributed by atoms with Crippen LogP contribution in [0.5, 0.6) is 0 Å². The molecule has 0 aliphatic heterocycles. The Hall–Kier alpha value is -6.79. The summed E-state index contributed by atoms with van der Waals surface area (Å²) in [5.41, 5.74) is 9.53.